The number of rotatable bonds is 3. The SMILES string of the molecule is Cc1cc(C(=O)NC[C@@]2(O)C=CCCC2)c(C)o1. The summed E-state index contributed by atoms with van der Waals surface area (Å²) >= 11 is 0. The Morgan fingerprint density at radius 3 is 2.89 bits per heavy atom. The zero-order chi connectivity index (χ0) is 13.2. The molecule has 4 nitrogen and oxygen atoms in total. The van der Waals surface area contributed by atoms with Crippen molar-refractivity contribution >= 4 is 5.91 Å². The summed E-state index contributed by atoms with van der Waals surface area (Å²) in [5.41, 5.74) is -0.364. The molecule has 1 aliphatic carbocycles. The molecule has 0 spiro atoms. The number of carbonyl (C=O) groups excluding carboxylic acids is 1. The molecule has 4 heteroatoms. The van der Waals surface area contributed by atoms with E-state index in [4.69, 9.17) is 4.42 Å². The lowest BCUT2D eigenvalue weighted by Gasteiger charge is -2.27. The molecule has 0 saturated carbocycles. The van der Waals surface area contributed by atoms with Gasteiger partial charge < -0.3 is 14.8 Å². The van der Waals surface area contributed by atoms with E-state index in [1.165, 1.54) is 0 Å². The van der Waals surface area contributed by atoms with Crippen molar-refractivity contribution < 1.29 is 14.3 Å². The summed E-state index contributed by atoms with van der Waals surface area (Å²) in [5, 5.41) is 13.0. The standard InChI is InChI=1S/C14H19NO3/c1-10-8-12(11(2)18-10)13(16)15-9-14(17)6-4-3-5-7-14/h4,6,8,17H,3,5,7,9H2,1-2H3,(H,15,16)/t14-/m1/s1. The van der Waals surface area contributed by atoms with Crippen molar-refractivity contribution in [3.05, 3.63) is 35.3 Å². The molecule has 2 N–H and O–H groups in total. The third kappa shape index (κ3) is 2.82. The summed E-state index contributed by atoms with van der Waals surface area (Å²) in [7, 11) is 0. The Morgan fingerprint density at radius 1 is 1.56 bits per heavy atom. The molecule has 1 amide bonds. The van der Waals surface area contributed by atoms with Crippen LogP contribution in [-0.4, -0.2) is 23.2 Å². The largest absolute Gasteiger partial charge is 0.466 e. The molecule has 0 bridgehead atoms. The minimum Gasteiger partial charge on any atom is -0.466 e. The van der Waals surface area contributed by atoms with Crippen molar-refractivity contribution in [3.8, 4) is 0 Å². The molecule has 0 aliphatic heterocycles. The van der Waals surface area contributed by atoms with Crippen LogP contribution < -0.4 is 5.32 Å². The first-order chi connectivity index (χ1) is 8.50. The van der Waals surface area contributed by atoms with Crippen LogP contribution in [0.1, 0.15) is 41.1 Å². The van der Waals surface area contributed by atoms with Crippen LogP contribution in [0, 0.1) is 13.8 Å². The summed E-state index contributed by atoms with van der Waals surface area (Å²) in [5.74, 6) is 1.13. The van der Waals surface area contributed by atoms with Crippen LogP contribution in [0.2, 0.25) is 0 Å². The zero-order valence-electron chi connectivity index (χ0n) is 10.8. The van der Waals surface area contributed by atoms with Crippen LogP contribution in [0.5, 0.6) is 0 Å². The first-order valence-electron chi connectivity index (χ1n) is 6.25. The fourth-order valence-electron chi connectivity index (χ4n) is 2.24. The second-order valence-electron chi connectivity index (χ2n) is 4.91. The topological polar surface area (TPSA) is 62.5 Å². The van der Waals surface area contributed by atoms with E-state index >= 15 is 0 Å². The molecular formula is C14H19NO3. The maximum Gasteiger partial charge on any atom is 0.254 e. The van der Waals surface area contributed by atoms with Gasteiger partial charge in [-0.05, 0) is 39.2 Å². The smallest absolute Gasteiger partial charge is 0.254 e. The Balaban J connectivity index is 1.98. The predicted octanol–water partition coefficient (Wildman–Crippen LogP) is 2.10. The fourth-order valence-corrected chi connectivity index (χ4v) is 2.24. The van der Waals surface area contributed by atoms with E-state index in [2.05, 4.69) is 5.32 Å². The monoisotopic (exact) mass is 249 g/mol. The molecule has 2 rings (SSSR count). The minimum atomic E-state index is -0.902. The van der Waals surface area contributed by atoms with E-state index < -0.39 is 5.60 Å². The van der Waals surface area contributed by atoms with Gasteiger partial charge in [0, 0.05) is 0 Å². The molecule has 1 aromatic rings. The number of hydrogen-bond donors (Lipinski definition) is 2. The lowest BCUT2D eigenvalue weighted by Crippen LogP contribution is -2.42. The molecule has 98 valence electrons. The molecule has 1 aromatic heterocycles. The van der Waals surface area contributed by atoms with Crippen molar-refractivity contribution in [1.82, 2.24) is 5.32 Å². The van der Waals surface area contributed by atoms with Crippen LogP contribution >= 0.6 is 0 Å². The second kappa shape index (κ2) is 4.98. The molecule has 1 aliphatic rings. The number of nitrogens with one attached hydrogen (secondary N) is 1. The van der Waals surface area contributed by atoms with Gasteiger partial charge in [-0.2, -0.15) is 0 Å². The van der Waals surface area contributed by atoms with Crippen LogP contribution in [0.25, 0.3) is 0 Å². The highest BCUT2D eigenvalue weighted by molar-refractivity contribution is 5.95. The first-order valence-corrected chi connectivity index (χ1v) is 6.25. The third-order valence-corrected chi connectivity index (χ3v) is 3.25. The Labute approximate surface area is 107 Å². The Kier molecular flexibility index (Phi) is 3.57. The highest BCUT2D eigenvalue weighted by atomic mass is 16.3. The van der Waals surface area contributed by atoms with E-state index in [1.54, 1.807) is 26.0 Å². The van der Waals surface area contributed by atoms with Gasteiger partial charge >= 0.3 is 0 Å². The van der Waals surface area contributed by atoms with Crippen molar-refractivity contribution in [2.24, 2.45) is 0 Å². The van der Waals surface area contributed by atoms with Crippen molar-refractivity contribution in [3.63, 3.8) is 0 Å². The van der Waals surface area contributed by atoms with Gasteiger partial charge in [0.05, 0.1) is 17.7 Å². The van der Waals surface area contributed by atoms with Crippen LogP contribution in [0.3, 0.4) is 0 Å². The molecule has 0 fully saturated rings. The van der Waals surface area contributed by atoms with Crippen LogP contribution in [-0.2, 0) is 0 Å². The predicted molar refractivity (Wildman–Crippen MR) is 68.5 cm³/mol. The second-order valence-corrected chi connectivity index (χ2v) is 4.91. The minimum absolute atomic E-state index is 0.197. The summed E-state index contributed by atoms with van der Waals surface area (Å²) in [6.07, 6.45) is 6.38. The number of furan rings is 1. The van der Waals surface area contributed by atoms with Gasteiger partial charge in [-0.25, -0.2) is 0 Å². The molecule has 1 atom stereocenters. The Hall–Kier alpha value is -1.55. The van der Waals surface area contributed by atoms with Gasteiger partial charge in [-0.15, -0.1) is 0 Å². The first kappa shape index (κ1) is 12.9. The molecule has 0 radical (unpaired) electrons. The molecule has 18 heavy (non-hydrogen) atoms. The zero-order valence-corrected chi connectivity index (χ0v) is 10.8. The van der Waals surface area contributed by atoms with Crippen molar-refractivity contribution in [2.45, 2.75) is 38.7 Å². The lowest BCUT2D eigenvalue weighted by atomic mass is 9.91. The van der Waals surface area contributed by atoms with Gasteiger partial charge in [0.15, 0.2) is 0 Å². The van der Waals surface area contributed by atoms with Gasteiger partial charge in [-0.1, -0.05) is 12.2 Å². The van der Waals surface area contributed by atoms with Gasteiger partial charge in [-0.3, -0.25) is 4.79 Å². The molecule has 0 saturated heterocycles. The van der Waals surface area contributed by atoms with Crippen LogP contribution in [0.15, 0.2) is 22.6 Å². The van der Waals surface area contributed by atoms with E-state index in [0.29, 0.717) is 23.5 Å². The summed E-state index contributed by atoms with van der Waals surface area (Å²) in [4.78, 5) is 12.0. The average Bonchev–Trinajstić information content (AvgIpc) is 2.67. The van der Waals surface area contributed by atoms with Crippen molar-refractivity contribution in [1.29, 1.82) is 0 Å². The molecular weight excluding hydrogens is 230 g/mol. The maximum atomic E-state index is 12.0. The highest BCUT2D eigenvalue weighted by Gasteiger charge is 2.26. The van der Waals surface area contributed by atoms with E-state index in [9.17, 15) is 9.90 Å². The van der Waals surface area contributed by atoms with E-state index in [0.717, 1.165) is 12.8 Å². The maximum absolute atomic E-state index is 12.0. The Bertz CT molecular complexity index is 475. The van der Waals surface area contributed by atoms with Crippen LogP contribution in [0.4, 0.5) is 0 Å². The fraction of sp³-hybridized carbons (Fsp3) is 0.500. The molecule has 1 heterocycles. The number of hydrogen-bond acceptors (Lipinski definition) is 3. The summed E-state index contributed by atoms with van der Waals surface area (Å²) in [6, 6.07) is 1.71. The third-order valence-electron chi connectivity index (χ3n) is 3.25. The highest BCUT2D eigenvalue weighted by Crippen LogP contribution is 2.21. The number of aliphatic hydroxyl groups is 1. The van der Waals surface area contributed by atoms with Crippen molar-refractivity contribution in [2.75, 3.05) is 6.54 Å². The number of carbonyl (C=O) groups is 1. The molecule has 0 aromatic carbocycles. The van der Waals surface area contributed by atoms with E-state index in [1.807, 2.05) is 6.08 Å². The summed E-state index contributed by atoms with van der Waals surface area (Å²) in [6.45, 7) is 3.81. The molecule has 0 unspecified atom stereocenters. The van der Waals surface area contributed by atoms with Gasteiger partial charge in [0.25, 0.3) is 5.91 Å². The number of amides is 1. The van der Waals surface area contributed by atoms with Gasteiger partial charge in [0.1, 0.15) is 11.5 Å². The number of aryl methyl sites for hydroxylation is 2. The lowest BCUT2D eigenvalue weighted by molar-refractivity contribution is 0.0659. The average molecular weight is 249 g/mol. The van der Waals surface area contributed by atoms with E-state index in [-0.39, 0.29) is 12.5 Å². The summed E-state index contributed by atoms with van der Waals surface area (Å²) < 4.78 is 5.32. The normalized spacial score (nSPS) is 23.1. The Morgan fingerprint density at radius 2 is 2.33 bits per heavy atom. The van der Waals surface area contributed by atoms with Gasteiger partial charge in [0.2, 0.25) is 0 Å². The quantitative estimate of drug-likeness (QED) is 0.806. The number of allylic oxidation sites excluding steroid dienone is 1.